The molecule has 1 aromatic rings. The molecule has 106 valence electrons. The number of esters is 1. The van der Waals surface area contributed by atoms with E-state index in [0.717, 1.165) is 12.0 Å². The summed E-state index contributed by atoms with van der Waals surface area (Å²) in [6.45, 7) is 0.810. The molecule has 0 aliphatic rings. The van der Waals surface area contributed by atoms with Crippen molar-refractivity contribution >= 4 is 17.6 Å². The van der Waals surface area contributed by atoms with Gasteiger partial charge in [0.1, 0.15) is 0 Å². The zero-order chi connectivity index (χ0) is 14.1. The molecule has 0 amide bonds. The third kappa shape index (κ3) is 6.57. The van der Waals surface area contributed by atoms with Crippen LogP contribution in [0.4, 0.5) is 0 Å². The van der Waals surface area contributed by atoms with Gasteiger partial charge in [-0.05, 0) is 37.1 Å². The van der Waals surface area contributed by atoms with E-state index in [-0.39, 0.29) is 18.6 Å². The number of methoxy groups -OCH3 is 1. The fourth-order valence-electron chi connectivity index (χ4n) is 1.79. The predicted octanol–water partition coefficient (Wildman–Crippen LogP) is 1.79. The molecule has 0 aliphatic heterocycles. The van der Waals surface area contributed by atoms with Gasteiger partial charge in [0, 0.05) is 17.7 Å². The summed E-state index contributed by atoms with van der Waals surface area (Å²) >= 11 is 5.84. The molecule has 0 heterocycles. The Labute approximate surface area is 118 Å². The van der Waals surface area contributed by atoms with Crippen LogP contribution in [0, 0.1) is 0 Å². The average Bonchev–Trinajstić information content (AvgIpc) is 2.41. The Morgan fingerprint density at radius 1 is 1.42 bits per heavy atom. The van der Waals surface area contributed by atoms with E-state index in [9.17, 15) is 4.79 Å². The number of aliphatic hydroxyl groups excluding tert-OH is 1. The summed E-state index contributed by atoms with van der Waals surface area (Å²) in [4.78, 5) is 11.4. The number of hydrogen-bond donors (Lipinski definition) is 2. The summed E-state index contributed by atoms with van der Waals surface area (Å²) < 4.78 is 4.69. The number of carbonyl (C=O) groups excluding carboxylic acids is 1. The lowest BCUT2D eigenvalue weighted by molar-refractivity contribution is -0.141. The van der Waals surface area contributed by atoms with Gasteiger partial charge in [-0.25, -0.2) is 0 Å². The minimum atomic E-state index is -0.240. The number of rotatable bonds is 8. The van der Waals surface area contributed by atoms with Crippen LogP contribution in [0.2, 0.25) is 5.02 Å². The van der Waals surface area contributed by atoms with Gasteiger partial charge in [-0.3, -0.25) is 4.79 Å². The molecule has 0 spiro atoms. The second-order valence-electron chi connectivity index (χ2n) is 4.34. The molecule has 0 fully saturated rings. The van der Waals surface area contributed by atoms with Crippen LogP contribution in [-0.4, -0.2) is 37.4 Å². The van der Waals surface area contributed by atoms with Gasteiger partial charge in [0.2, 0.25) is 0 Å². The van der Waals surface area contributed by atoms with Crippen LogP contribution in [0.3, 0.4) is 0 Å². The van der Waals surface area contributed by atoms with Crippen molar-refractivity contribution in [2.45, 2.75) is 25.3 Å². The highest BCUT2D eigenvalue weighted by molar-refractivity contribution is 6.30. The van der Waals surface area contributed by atoms with Crippen LogP contribution in [0.15, 0.2) is 24.3 Å². The van der Waals surface area contributed by atoms with Crippen LogP contribution < -0.4 is 5.32 Å². The van der Waals surface area contributed by atoms with Crippen molar-refractivity contribution in [3.63, 3.8) is 0 Å². The van der Waals surface area contributed by atoms with E-state index in [1.54, 1.807) is 0 Å². The van der Waals surface area contributed by atoms with E-state index in [1.807, 2.05) is 24.3 Å². The van der Waals surface area contributed by atoms with Gasteiger partial charge in [0.15, 0.2) is 0 Å². The maximum Gasteiger partial charge on any atom is 0.307 e. The summed E-state index contributed by atoms with van der Waals surface area (Å²) in [6, 6.07) is 7.56. The van der Waals surface area contributed by atoms with Crippen molar-refractivity contribution < 1.29 is 14.6 Å². The second kappa shape index (κ2) is 8.91. The fourth-order valence-corrected chi connectivity index (χ4v) is 1.92. The maximum absolute atomic E-state index is 11.4. The Morgan fingerprint density at radius 3 is 2.68 bits per heavy atom. The third-order valence-corrected chi connectivity index (χ3v) is 3.06. The van der Waals surface area contributed by atoms with Crippen molar-refractivity contribution in [1.82, 2.24) is 5.32 Å². The second-order valence-corrected chi connectivity index (χ2v) is 4.78. The first-order valence-electron chi connectivity index (χ1n) is 6.31. The fraction of sp³-hybridized carbons (Fsp3) is 0.500. The lowest BCUT2D eigenvalue weighted by atomic mass is 10.0. The van der Waals surface area contributed by atoms with E-state index in [0.29, 0.717) is 24.4 Å². The average molecular weight is 286 g/mol. The van der Waals surface area contributed by atoms with E-state index >= 15 is 0 Å². The number of carbonyl (C=O) groups is 1. The van der Waals surface area contributed by atoms with Crippen molar-refractivity contribution in [1.29, 1.82) is 0 Å². The zero-order valence-electron chi connectivity index (χ0n) is 11.1. The number of ether oxygens (including phenoxy) is 1. The summed E-state index contributed by atoms with van der Waals surface area (Å²) in [5, 5.41) is 12.7. The van der Waals surface area contributed by atoms with Gasteiger partial charge in [-0.1, -0.05) is 23.7 Å². The Hall–Kier alpha value is -1.10. The molecule has 0 radical (unpaired) electrons. The number of aliphatic hydroxyl groups is 1. The molecule has 0 saturated heterocycles. The third-order valence-electron chi connectivity index (χ3n) is 2.80. The first-order valence-corrected chi connectivity index (χ1v) is 6.69. The lowest BCUT2D eigenvalue weighted by Gasteiger charge is -2.17. The monoisotopic (exact) mass is 285 g/mol. The van der Waals surface area contributed by atoms with E-state index in [2.05, 4.69) is 5.32 Å². The Kier molecular flexibility index (Phi) is 7.48. The SMILES string of the molecule is COC(=O)CC(Cc1ccc(Cl)cc1)NCCCO. The molecule has 1 rings (SSSR count). The molecule has 0 aliphatic carbocycles. The normalized spacial score (nSPS) is 12.2. The predicted molar refractivity (Wildman–Crippen MR) is 75.3 cm³/mol. The molecule has 1 aromatic carbocycles. The minimum Gasteiger partial charge on any atom is -0.469 e. The Morgan fingerprint density at radius 2 is 2.11 bits per heavy atom. The van der Waals surface area contributed by atoms with E-state index < -0.39 is 0 Å². The molecule has 1 atom stereocenters. The van der Waals surface area contributed by atoms with Gasteiger partial charge in [0.05, 0.1) is 13.5 Å². The highest BCUT2D eigenvalue weighted by atomic mass is 35.5. The highest BCUT2D eigenvalue weighted by Gasteiger charge is 2.14. The van der Waals surface area contributed by atoms with Gasteiger partial charge >= 0.3 is 5.97 Å². The first-order chi connectivity index (χ1) is 9.15. The lowest BCUT2D eigenvalue weighted by Crippen LogP contribution is -2.34. The van der Waals surface area contributed by atoms with Crippen LogP contribution in [0.5, 0.6) is 0 Å². The number of benzene rings is 1. The summed E-state index contributed by atoms with van der Waals surface area (Å²) in [6.07, 6.45) is 1.69. The standard InChI is InChI=1S/C14H20ClNO3/c1-19-14(18)10-13(16-7-2-8-17)9-11-3-5-12(15)6-4-11/h3-6,13,16-17H,2,7-10H2,1H3. The number of halogens is 1. The largest absolute Gasteiger partial charge is 0.469 e. The van der Waals surface area contributed by atoms with Crippen LogP contribution in [0.1, 0.15) is 18.4 Å². The summed E-state index contributed by atoms with van der Waals surface area (Å²) in [7, 11) is 1.38. The van der Waals surface area contributed by atoms with Crippen LogP contribution in [0.25, 0.3) is 0 Å². The smallest absolute Gasteiger partial charge is 0.307 e. The van der Waals surface area contributed by atoms with E-state index in [4.69, 9.17) is 21.4 Å². The van der Waals surface area contributed by atoms with Gasteiger partial charge in [0.25, 0.3) is 0 Å². The van der Waals surface area contributed by atoms with Gasteiger partial charge in [-0.15, -0.1) is 0 Å². The topological polar surface area (TPSA) is 58.6 Å². The van der Waals surface area contributed by atoms with Crippen molar-refractivity contribution in [3.8, 4) is 0 Å². The first kappa shape index (κ1) is 16.0. The molecule has 0 bridgehead atoms. The number of hydrogen-bond acceptors (Lipinski definition) is 4. The van der Waals surface area contributed by atoms with Gasteiger partial charge in [-0.2, -0.15) is 0 Å². The maximum atomic E-state index is 11.4. The van der Waals surface area contributed by atoms with Gasteiger partial charge < -0.3 is 15.2 Å². The molecular formula is C14H20ClNO3. The number of nitrogens with one attached hydrogen (secondary N) is 1. The molecule has 1 unspecified atom stereocenters. The van der Waals surface area contributed by atoms with Crippen molar-refractivity contribution in [2.24, 2.45) is 0 Å². The van der Waals surface area contributed by atoms with Crippen molar-refractivity contribution in [2.75, 3.05) is 20.3 Å². The molecule has 2 N–H and O–H groups in total. The van der Waals surface area contributed by atoms with Crippen molar-refractivity contribution in [3.05, 3.63) is 34.9 Å². The Balaban J connectivity index is 2.56. The highest BCUT2D eigenvalue weighted by Crippen LogP contribution is 2.12. The molecular weight excluding hydrogens is 266 g/mol. The molecule has 0 aromatic heterocycles. The molecule has 0 saturated carbocycles. The summed E-state index contributed by atoms with van der Waals surface area (Å²) in [5.74, 6) is -0.240. The van der Waals surface area contributed by atoms with Crippen LogP contribution in [-0.2, 0) is 16.0 Å². The quantitative estimate of drug-likeness (QED) is 0.565. The molecule has 4 nitrogen and oxygen atoms in total. The van der Waals surface area contributed by atoms with E-state index in [1.165, 1.54) is 7.11 Å². The minimum absolute atomic E-state index is 0.000163. The zero-order valence-corrected chi connectivity index (χ0v) is 11.8. The Bertz CT molecular complexity index is 381. The molecule has 19 heavy (non-hydrogen) atoms. The van der Waals surface area contributed by atoms with Crippen LogP contribution >= 0.6 is 11.6 Å². The summed E-state index contributed by atoms with van der Waals surface area (Å²) in [5.41, 5.74) is 1.11. The molecule has 5 heteroatoms.